The molecule has 1 N–H and O–H groups in total. The summed E-state index contributed by atoms with van der Waals surface area (Å²) in [7, 11) is 0. The molecule has 1 atom stereocenters. The van der Waals surface area contributed by atoms with Gasteiger partial charge in [0.1, 0.15) is 0 Å². The molecule has 2 rings (SSSR count). The van der Waals surface area contributed by atoms with E-state index in [1.54, 1.807) is 0 Å². The van der Waals surface area contributed by atoms with E-state index in [4.69, 9.17) is 0 Å². The number of nitrogens with zero attached hydrogens (tertiary/aromatic N) is 1. The van der Waals surface area contributed by atoms with Gasteiger partial charge in [0.2, 0.25) is 5.91 Å². The van der Waals surface area contributed by atoms with Crippen LogP contribution in [0.25, 0.3) is 0 Å². The number of carbonyl (C=O) groups excluding carboxylic acids is 1. The Labute approximate surface area is 149 Å². The van der Waals surface area contributed by atoms with E-state index in [1.165, 1.54) is 17.5 Å². The number of rotatable bonds is 4. The Hall–Kier alpha value is -1.35. The highest BCUT2D eigenvalue weighted by Gasteiger charge is 2.13. The Morgan fingerprint density at radius 1 is 1.17 bits per heavy atom. The largest absolute Gasteiger partial charge is 0.340 e. The van der Waals surface area contributed by atoms with E-state index in [0.717, 1.165) is 32.6 Å². The molecule has 0 radical (unpaired) electrons. The molecular weight excluding hydrogens is 296 g/mol. The van der Waals surface area contributed by atoms with E-state index in [2.05, 4.69) is 50.4 Å². The summed E-state index contributed by atoms with van der Waals surface area (Å²) in [6.07, 6.45) is 3.01. The summed E-state index contributed by atoms with van der Waals surface area (Å²) in [5, 5.41) is 3.20. The zero-order valence-electron chi connectivity index (χ0n) is 16.7. The summed E-state index contributed by atoms with van der Waals surface area (Å²) >= 11 is 0. The zero-order valence-corrected chi connectivity index (χ0v) is 16.7. The molecule has 0 spiro atoms. The first-order valence-corrected chi connectivity index (χ1v) is 9.69. The summed E-state index contributed by atoms with van der Waals surface area (Å²) in [5.74, 6) is 0.984. The average molecular weight is 335 g/mol. The smallest absolute Gasteiger partial charge is 0.222 e. The number of hydrogen-bond donors (Lipinski definition) is 1. The van der Waals surface area contributed by atoms with Crippen molar-refractivity contribution in [2.24, 2.45) is 0 Å². The Morgan fingerprint density at radius 3 is 2.29 bits per heavy atom. The number of benzene rings is 1. The summed E-state index contributed by atoms with van der Waals surface area (Å²) in [6, 6.07) is 8.92. The third-order valence-electron chi connectivity index (χ3n) is 4.31. The molecule has 1 aromatic rings. The maximum absolute atomic E-state index is 11.1. The van der Waals surface area contributed by atoms with Crippen LogP contribution in [-0.4, -0.2) is 37.0 Å². The van der Waals surface area contributed by atoms with Gasteiger partial charge in [-0.15, -0.1) is 0 Å². The van der Waals surface area contributed by atoms with Crippen LogP contribution in [0.4, 0.5) is 0 Å². The first kappa shape index (κ1) is 22.6. The SMILES string of the molecule is CC.CCC(=O)N1CCNCC1.CCc1cccc(C(C)CC)c1. The fourth-order valence-electron chi connectivity index (χ4n) is 2.49. The van der Waals surface area contributed by atoms with E-state index in [0.29, 0.717) is 12.3 Å². The van der Waals surface area contributed by atoms with Crippen LogP contribution in [0.15, 0.2) is 24.3 Å². The number of hydrogen-bond acceptors (Lipinski definition) is 2. The quantitative estimate of drug-likeness (QED) is 0.871. The lowest BCUT2D eigenvalue weighted by Gasteiger charge is -2.26. The van der Waals surface area contributed by atoms with Crippen LogP contribution in [0.5, 0.6) is 0 Å². The van der Waals surface area contributed by atoms with Gasteiger partial charge >= 0.3 is 0 Å². The lowest BCUT2D eigenvalue weighted by molar-refractivity contribution is -0.131. The minimum Gasteiger partial charge on any atom is -0.340 e. The summed E-state index contributed by atoms with van der Waals surface area (Å²) in [4.78, 5) is 13.0. The van der Waals surface area contributed by atoms with Crippen molar-refractivity contribution in [2.75, 3.05) is 26.2 Å². The van der Waals surface area contributed by atoms with Gasteiger partial charge in [0.25, 0.3) is 0 Å². The molecule has 138 valence electrons. The van der Waals surface area contributed by atoms with Gasteiger partial charge in [-0.05, 0) is 29.9 Å². The molecule has 3 nitrogen and oxygen atoms in total. The molecule has 1 saturated heterocycles. The van der Waals surface area contributed by atoms with E-state index >= 15 is 0 Å². The van der Waals surface area contributed by atoms with Crippen molar-refractivity contribution in [3.8, 4) is 0 Å². The number of aryl methyl sites for hydroxylation is 1. The third kappa shape index (κ3) is 8.49. The summed E-state index contributed by atoms with van der Waals surface area (Å²) in [5.41, 5.74) is 2.93. The molecule has 1 heterocycles. The van der Waals surface area contributed by atoms with E-state index < -0.39 is 0 Å². The van der Waals surface area contributed by atoms with Gasteiger partial charge in [-0.25, -0.2) is 0 Å². The highest BCUT2D eigenvalue weighted by Crippen LogP contribution is 2.19. The molecule has 1 unspecified atom stereocenters. The van der Waals surface area contributed by atoms with Gasteiger partial charge in [0.15, 0.2) is 0 Å². The molecule has 0 aromatic heterocycles. The molecule has 0 bridgehead atoms. The number of piperazine rings is 1. The monoisotopic (exact) mass is 334 g/mol. The Kier molecular flexibility index (Phi) is 13.2. The molecule has 1 amide bonds. The van der Waals surface area contributed by atoms with Gasteiger partial charge < -0.3 is 10.2 Å². The van der Waals surface area contributed by atoms with Crippen LogP contribution in [0.2, 0.25) is 0 Å². The standard InChI is InChI=1S/C12H18.C7H14N2O.C2H6/c1-4-10(3)12-8-6-7-11(5-2)9-12;1-2-7(10)9-5-3-8-4-6-9;1-2/h6-10H,4-5H2,1-3H3;8H,2-6H2,1H3;1-2H3. The van der Waals surface area contributed by atoms with Crippen molar-refractivity contribution >= 4 is 5.91 Å². The molecule has 3 heteroatoms. The molecule has 24 heavy (non-hydrogen) atoms. The highest BCUT2D eigenvalue weighted by atomic mass is 16.2. The van der Waals surface area contributed by atoms with Crippen LogP contribution >= 0.6 is 0 Å². The van der Waals surface area contributed by atoms with E-state index in [9.17, 15) is 4.79 Å². The van der Waals surface area contributed by atoms with Crippen molar-refractivity contribution in [1.29, 1.82) is 0 Å². The van der Waals surface area contributed by atoms with Crippen LogP contribution in [0, 0.1) is 0 Å². The van der Waals surface area contributed by atoms with Crippen molar-refractivity contribution < 1.29 is 4.79 Å². The predicted molar refractivity (Wildman–Crippen MR) is 106 cm³/mol. The number of carbonyl (C=O) groups is 1. The normalized spacial score (nSPS) is 14.7. The molecule has 1 aliphatic rings. The number of nitrogens with one attached hydrogen (secondary N) is 1. The first-order valence-electron chi connectivity index (χ1n) is 9.69. The first-order chi connectivity index (χ1) is 11.6. The van der Waals surface area contributed by atoms with Crippen LogP contribution in [-0.2, 0) is 11.2 Å². The molecule has 0 saturated carbocycles. The van der Waals surface area contributed by atoms with Crippen LogP contribution < -0.4 is 5.32 Å². The maximum atomic E-state index is 11.1. The summed E-state index contributed by atoms with van der Waals surface area (Å²) < 4.78 is 0. The lowest BCUT2D eigenvalue weighted by Crippen LogP contribution is -2.46. The topological polar surface area (TPSA) is 32.3 Å². The van der Waals surface area contributed by atoms with Crippen molar-refractivity contribution in [3.05, 3.63) is 35.4 Å². The van der Waals surface area contributed by atoms with Gasteiger partial charge in [-0.2, -0.15) is 0 Å². The molecule has 0 aliphatic carbocycles. The molecule has 1 fully saturated rings. The minimum atomic E-state index is 0.279. The lowest BCUT2D eigenvalue weighted by atomic mass is 9.96. The molecule has 1 aromatic carbocycles. The fourth-order valence-corrected chi connectivity index (χ4v) is 2.49. The second-order valence-corrected chi connectivity index (χ2v) is 5.89. The number of amides is 1. The highest BCUT2D eigenvalue weighted by molar-refractivity contribution is 5.75. The molecular formula is C21H38N2O. The second-order valence-electron chi connectivity index (χ2n) is 5.89. The van der Waals surface area contributed by atoms with Gasteiger partial charge in [0, 0.05) is 32.6 Å². The van der Waals surface area contributed by atoms with Crippen LogP contribution in [0.1, 0.15) is 71.4 Å². The molecule has 1 aliphatic heterocycles. The fraction of sp³-hybridized carbons (Fsp3) is 0.667. The van der Waals surface area contributed by atoms with Crippen LogP contribution in [0.3, 0.4) is 0 Å². The minimum absolute atomic E-state index is 0.279. The zero-order chi connectivity index (χ0) is 18.4. The van der Waals surface area contributed by atoms with E-state index in [1.807, 2.05) is 25.7 Å². The van der Waals surface area contributed by atoms with Gasteiger partial charge in [0.05, 0.1) is 0 Å². The Morgan fingerprint density at radius 2 is 1.79 bits per heavy atom. The van der Waals surface area contributed by atoms with Crippen molar-refractivity contribution in [3.63, 3.8) is 0 Å². The third-order valence-corrected chi connectivity index (χ3v) is 4.31. The van der Waals surface area contributed by atoms with Crippen molar-refractivity contribution in [2.45, 2.75) is 66.7 Å². The van der Waals surface area contributed by atoms with E-state index in [-0.39, 0.29) is 5.91 Å². The Balaban J connectivity index is 0.000000405. The summed E-state index contributed by atoms with van der Waals surface area (Å²) in [6.45, 7) is 16.3. The van der Waals surface area contributed by atoms with Gasteiger partial charge in [-0.3, -0.25) is 4.79 Å². The maximum Gasteiger partial charge on any atom is 0.222 e. The Bertz CT molecular complexity index is 439. The van der Waals surface area contributed by atoms with Crippen molar-refractivity contribution in [1.82, 2.24) is 10.2 Å². The second kappa shape index (κ2) is 14.0. The predicted octanol–water partition coefficient (Wildman–Crippen LogP) is 4.62. The average Bonchev–Trinajstić information content (AvgIpc) is 2.69. The van der Waals surface area contributed by atoms with Gasteiger partial charge in [-0.1, -0.05) is 65.8 Å².